The summed E-state index contributed by atoms with van der Waals surface area (Å²) in [5.74, 6) is 1.08. The van der Waals surface area contributed by atoms with Crippen molar-refractivity contribution in [2.24, 2.45) is 0 Å². The fourth-order valence-electron chi connectivity index (χ4n) is 2.04. The standard InChI is InChI=1S/C14H21N3S2/c1-3-4-5-6-10-18-14-13(15-19-16-14)12-8-7-9-17(2)11-12/h4-5,8H,3,6-7,9-11H2,1-2H3/b5-4-. The second kappa shape index (κ2) is 7.82. The summed E-state index contributed by atoms with van der Waals surface area (Å²) < 4.78 is 8.93. The van der Waals surface area contributed by atoms with Gasteiger partial charge in [0.15, 0.2) is 0 Å². The van der Waals surface area contributed by atoms with Crippen molar-refractivity contribution in [3.05, 3.63) is 23.9 Å². The number of rotatable bonds is 6. The van der Waals surface area contributed by atoms with Crippen LogP contribution in [0.25, 0.3) is 5.57 Å². The van der Waals surface area contributed by atoms with Crippen molar-refractivity contribution in [3.63, 3.8) is 0 Å². The Morgan fingerprint density at radius 3 is 3.11 bits per heavy atom. The largest absolute Gasteiger partial charge is 0.302 e. The molecule has 0 fully saturated rings. The summed E-state index contributed by atoms with van der Waals surface area (Å²) in [6, 6.07) is 0. The SMILES string of the molecule is CC/C=C\CCSc1nsnc1C1=CCCN(C)C1. The molecule has 1 aromatic heterocycles. The highest BCUT2D eigenvalue weighted by Crippen LogP contribution is 2.29. The Morgan fingerprint density at radius 2 is 2.32 bits per heavy atom. The number of likely N-dealkylation sites (N-methyl/N-ethyl adjacent to an activating group) is 1. The van der Waals surface area contributed by atoms with E-state index in [-0.39, 0.29) is 0 Å². The van der Waals surface area contributed by atoms with Crippen LogP contribution in [0.5, 0.6) is 0 Å². The van der Waals surface area contributed by atoms with Crippen molar-refractivity contribution in [1.29, 1.82) is 0 Å². The molecule has 0 saturated heterocycles. The van der Waals surface area contributed by atoms with Crippen LogP contribution in [0.4, 0.5) is 0 Å². The van der Waals surface area contributed by atoms with Gasteiger partial charge in [0.2, 0.25) is 0 Å². The van der Waals surface area contributed by atoms with Gasteiger partial charge in [0.25, 0.3) is 0 Å². The number of nitrogens with zero attached hydrogens (tertiary/aromatic N) is 3. The fourth-order valence-corrected chi connectivity index (χ4v) is 3.66. The average Bonchev–Trinajstić information content (AvgIpc) is 2.87. The fraction of sp³-hybridized carbons (Fsp3) is 0.571. The van der Waals surface area contributed by atoms with Crippen molar-refractivity contribution in [2.75, 3.05) is 25.9 Å². The van der Waals surface area contributed by atoms with E-state index >= 15 is 0 Å². The summed E-state index contributed by atoms with van der Waals surface area (Å²) in [4.78, 5) is 2.34. The lowest BCUT2D eigenvalue weighted by molar-refractivity contribution is 0.372. The summed E-state index contributed by atoms with van der Waals surface area (Å²) in [7, 11) is 2.16. The Morgan fingerprint density at radius 1 is 1.42 bits per heavy atom. The van der Waals surface area contributed by atoms with Gasteiger partial charge in [0, 0.05) is 18.8 Å². The Balaban J connectivity index is 1.94. The molecule has 0 unspecified atom stereocenters. The Hall–Kier alpha value is -0.650. The van der Waals surface area contributed by atoms with Gasteiger partial charge in [-0.25, -0.2) is 0 Å². The van der Waals surface area contributed by atoms with E-state index in [4.69, 9.17) is 0 Å². The molecular weight excluding hydrogens is 274 g/mol. The molecule has 1 aliphatic heterocycles. The lowest BCUT2D eigenvalue weighted by atomic mass is 10.1. The minimum Gasteiger partial charge on any atom is -0.302 e. The Bertz CT molecular complexity index is 451. The highest BCUT2D eigenvalue weighted by molar-refractivity contribution is 7.99. The van der Waals surface area contributed by atoms with Crippen LogP contribution in [-0.2, 0) is 0 Å². The molecule has 0 aromatic carbocycles. The minimum atomic E-state index is 0.995. The van der Waals surface area contributed by atoms with Crippen molar-refractivity contribution in [1.82, 2.24) is 13.6 Å². The maximum Gasteiger partial charge on any atom is 0.138 e. The molecule has 2 rings (SSSR count). The van der Waals surface area contributed by atoms with E-state index in [1.807, 2.05) is 11.8 Å². The van der Waals surface area contributed by atoms with Crippen molar-refractivity contribution in [3.8, 4) is 0 Å². The van der Waals surface area contributed by atoms with E-state index in [2.05, 4.69) is 45.8 Å². The van der Waals surface area contributed by atoms with Gasteiger partial charge in [-0.05, 0) is 31.9 Å². The molecule has 0 amide bonds. The van der Waals surface area contributed by atoms with Gasteiger partial charge < -0.3 is 4.90 Å². The minimum absolute atomic E-state index is 0.995. The predicted molar refractivity (Wildman–Crippen MR) is 84.8 cm³/mol. The molecule has 1 aliphatic rings. The predicted octanol–water partition coefficient (Wildman–Crippen LogP) is 3.71. The zero-order valence-electron chi connectivity index (χ0n) is 11.6. The smallest absolute Gasteiger partial charge is 0.138 e. The maximum absolute atomic E-state index is 4.49. The van der Waals surface area contributed by atoms with Crippen LogP contribution in [0.3, 0.4) is 0 Å². The second-order valence-corrected chi connectivity index (χ2v) is 6.30. The molecule has 0 aliphatic carbocycles. The molecule has 0 bridgehead atoms. The van der Waals surface area contributed by atoms with Gasteiger partial charge in [0.1, 0.15) is 10.7 Å². The molecule has 0 radical (unpaired) electrons. The molecule has 5 heteroatoms. The van der Waals surface area contributed by atoms with E-state index in [0.717, 1.165) is 48.8 Å². The third-order valence-electron chi connectivity index (χ3n) is 3.03. The first-order chi connectivity index (χ1) is 9.31. The molecule has 0 atom stereocenters. The Kier molecular flexibility index (Phi) is 6.07. The number of thioether (sulfide) groups is 1. The normalized spacial score (nSPS) is 17.1. The van der Waals surface area contributed by atoms with Crippen LogP contribution in [0, 0.1) is 0 Å². The van der Waals surface area contributed by atoms with E-state index < -0.39 is 0 Å². The highest BCUT2D eigenvalue weighted by Gasteiger charge is 2.17. The molecule has 0 saturated carbocycles. The van der Waals surface area contributed by atoms with Crippen molar-refractivity contribution >= 4 is 29.1 Å². The van der Waals surface area contributed by atoms with Crippen LogP contribution in [0.2, 0.25) is 0 Å². The van der Waals surface area contributed by atoms with Crippen molar-refractivity contribution < 1.29 is 0 Å². The molecule has 1 aromatic rings. The Labute approximate surface area is 124 Å². The molecule has 3 nitrogen and oxygen atoms in total. The van der Waals surface area contributed by atoms with Crippen LogP contribution in [0.1, 0.15) is 31.9 Å². The van der Waals surface area contributed by atoms with Crippen LogP contribution in [-0.4, -0.2) is 39.5 Å². The second-order valence-electron chi connectivity index (χ2n) is 4.69. The highest BCUT2D eigenvalue weighted by atomic mass is 32.2. The van der Waals surface area contributed by atoms with Gasteiger partial charge in [-0.15, -0.1) is 11.8 Å². The van der Waals surface area contributed by atoms with Crippen LogP contribution in [0.15, 0.2) is 23.3 Å². The lowest BCUT2D eigenvalue weighted by Crippen LogP contribution is -2.25. The van der Waals surface area contributed by atoms with E-state index in [9.17, 15) is 0 Å². The van der Waals surface area contributed by atoms with Crippen LogP contribution >= 0.6 is 23.5 Å². The zero-order valence-corrected chi connectivity index (χ0v) is 13.3. The number of hydrogen-bond donors (Lipinski definition) is 0. The summed E-state index contributed by atoms with van der Waals surface area (Å²) in [6.45, 7) is 4.30. The van der Waals surface area contributed by atoms with Crippen molar-refractivity contribution in [2.45, 2.75) is 31.2 Å². The zero-order chi connectivity index (χ0) is 13.5. The maximum atomic E-state index is 4.49. The van der Waals surface area contributed by atoms with Gasteiger partial charge in [-0.3, -0.25) is 0 Å². The molecule has 2 heterocycles. The first-order valence-electron chi connectivity index (χ1n) is 6.79. The summed E-state index contributed by atoms with van der Waals surface area (Å²) in [5, 5.41) is 1.11. The number of allylic oxidation sites excluding steroid dienone is 2. The lowest BCUT2D eigenvalue weighted by Gasteiger charge is -2.22. The van der Waals surface area contributed by atoms with Gasteiger partial charge >= 0.3 is 0 Å². The van der Waals surface area contributed by atoms with Gasteiger partial charge in [-0.1, -0.05) is 25.2 Å². The third kappa shape index (κ3) is 4.44. The van der Waals surface area contributed by atoms with E-state index in [1.165, 1.54) is 17.3 Å². The quantitative estimate of drug-likeness (QED) is 0.454. The molecule has 0 N–H and O–H groups in total. The molecule has 0 spiro atoms. The topological polar surface area (TPSA) is 29.0 Å². The number of hydrogen-bond acceptors (Lipinski definition) is 5. The number of aromatic nitrogens is 2. The first-order valence-corrected chi connectivity index (χ1v) is 8.51. The third-order valence-corrected chi connectivity index (χ3v) is 4.67. The van der Waals surface area contributed by atoms with Gasteiger partial charge in [0.05, 0.1) is 11.7 Å². The summed E-state index contributed by atoms with van der Waals surface area (Å²) >= 11 is 3.16. The average molecular weight is 295 g/mol. The molecular formula is C14H21N3S2. The van der Waals surface area contributed by atoms with Gasteiger partial charge in [-0.2, -0.15) is 8.75 Å². The van der Waals surface area contributed by atoms with E-state index in [0.29, 0.717) is 0 Å². The monoisotopic (exact) mass is 295 g/mol. The summed E-state index contributed by atoms with van der Waals surface area (Å²) in [6.07, 6.45) is 10.1. The molecule has 19 heavy (non-hydrogen) atoms. The van der Waals surface area contributed by atoms with E-state index in [1.54, 1.807) is 0 Å². The first kappa shape index (κ1) is 14.8. The summed E-state index contributed by atoms with van der Waals surface area (Å²) in [5.41, 5.74) is 2.45. The molecule has 104 valence electrons. The van der Waals surface area contributed by atoms with Crippen LogP contribution < -0.4 is 0 Å².